The van der Waals surface area contributed by atoms with E-state index in [1.54, 1.807) is 10.7 Å². The Morgan fingerprint density at radius 3 is 2.62 bits per heavy atom. The number of carbonyl (C=O) groups is 1. The van der Waals surface area contributed by atoms with Gasteiger partial charge in [0.1, 0.15) is 5.69 Å². The summed E-state index contributed by atoms with van der Waals surface area (Å²) in [5.41, 5.74) is 2.27. The summed E-state index contributed by atoms with van der Waals surface area (Å²) in [6, 6.07) is 13.2. The van der Waals surface area contributed by atoms with Gasteiger partial charge in [-0.05, 0) is 36.3 Å². The molecule has 5 heteroatoms. The van der Waals surface area contributed by atoms with Gasteiger partial charge in [-0.2, -0.15) is 5.10 Å². The van der Waals surface area contributed by atoms with Crippen molar-refractivity contribution in [3.63, 3.8) is 0 Å². The number of amides is 1. The maximum absolute atomic E-state index is 12.5. The number of aryl methyl sites for hydroxylation is 1. The number of likely N-dealkylation sites (tertiary alicyclic amines) is 1. The second-order valence-corrected chi connectivity index (χ2v) is 8.22. The quantitative estimate of drug-likeness (QED) is 0.900. The Morgan fingerprint density at radius 2 is 1.96 bits per heavy atom. The maximum atomic E-state index is 12.5. The number of benzene rings is 1. The van der Waals surface area contributed by atoms with Crippen LogP contribution in [0, 0.1) is 5.41 Å². The molecular weight excluding hydrogens is 324 g/mol. The summed E-state index contributed by atoms with van der Waals surface area (Å²) >= 11 is 0. The summed E-state index contributed by atoms with van der Waals surface area (Å²) in [5, 5.41) is 8.02. The lowest BCUT2D eigenvalue weighted by Crippen LogP contribution is -2.46. The molecule has 5 nitrogen and oxygen atoms in total. The van der Waals surface area contributed by atoms with E-state index in [9.17, 15) is 4.79 Å². The highest BCUT2D eigenvalue weighted by Gasteiger charge is 2.40. The molecule has 1 saturated carbocycles. The molecule has 1 N–H and O–H groups in total. The van der Waals surface area contributed by atoms with Crippen LogP contribution in [-0.4, -0.2) is 46.3 Å². The molecule has 1 aromatic heterocycles. The van der Waals surface area contributed by atoms with Gasteiger partial charge in [0.05, 0.1) is 0 Å². The summed E-state index contributed by atoms with van der Waals surface area (Å²) in [6.45, 7) is 5.02. The molecule has 1 aliphatic carbocycles. The van der Waals surface area contributed by atoms with Crippen LogP contribution in [0.4, 0.5) is 0 Å². The molecule has 1 aromatic carbocycles. The minimum absolute atomic E-state index is 0.0620. The highest BCUT2D eigenvalue weighted by molar-refractivity contribution is 5.92. The van der Waals surface area contributed by atoms with Crippen molar-refractivity contribution in [1.29, 1.82) is 0 Å². The van der Waals surface area contributed by atoms with E-state index in [-0.39, 0.29) is 11.3 Å². The minimum Gasteiger partial charge on any atom is -0.337 e. The fourth-order valence-corrected chi connectivity index (χ4v) is 3.98. The van der Waals surface area contributed by atoms with E-state index >= 15 is 0 Å². The number of rotatable bonds is 5. The third kappa shape index (κ3) is 3.68. The molecule has 2 unspecified atom stereocenters. The molecule has 2 aliphatic rings. The monoisotopic (exact) mass is 352 g/mol. The molecule has 138 valence electrons. The molecule has 1 aliphatic heterocycles. The Morgan fingerprint density at radius 1 is 1.23 bits per heavy atom. The standard InChI is InChI=1S/C21H28N4O/c1-21(15-22-19-14-17(19)16-6-4-3-5-7-16)9-12-25(13-10-21)20(26)18-8-11-24(2)23-18/h3-8,11,17,19,22H,9-10,12-15H2,1-2H3. The van der Waals surface area contributed by atoms with Crippen molar-refractivity contribution >= 4 is 5.91 Å². The summed E-state index contributed by atoms with van der Waals surface area (Å²) in [5.74, 6) is 0.734. The Hall–Kier alpha value is -2.14. The molecule has 26 heavy (non-hydrogen) atoms. The van der Waals surface area contributed by atoms with Crippen molar-refractivity contribution in [2.75, 3.05) is 19.6 Å². The van der Waals surface area contributed by atoms with Crippen molar-refractivity contribution in [2.24, 2.45) is 12.5 Å². The zero-order valence-electron chi connectivity index (χ0n) is 15.7. The van der Waals surface area contributed by atoms with Gasteiger partial charge < -0.3 is 10.2 Å². The Labute approximate surface area is 155 Å². The van der Waals surface area contributed by atoms with Crippen LogP contribution in [0.3, 0.4) is 0 Å². The molecule has 1 saturated heterocycles. The molecule has 2 fully saturated rings. The van der Waals surface area contributed by atoms with Gasteiger partial charge in [0, 0.05) is 44.8 Å². The fraction of sp³-hybridized carbons (Fsp3) is 0.524. The lowest BCUT2D eigenvalue weighted by molar-refractivity contribution is 0.0598. The van der Waals surface area contributed by atoms with Crippen LogP contribution in [-0.2, 0) is 7.05 Å². The molecule has 0 bridgehead atoms. The van der Waals surface area contributed by atoms with E-state index < -0.39 is 0 Å². The smallest absolute Gasteiger partial charge is 0.274 e. The second-order valence-electron chi connectivity index (χ2n) is 8.22. The number of nitrogens with one attached hydrogen (secondary N) is 1. The van der Waals surface area contributed by atoms with Gasteiger partial charge in [-0.3, -0.25) is 9.48 Å². The third-order valence-electron chi connectivity index (χ3n) is 6.00. The Bertz CT molecular complexity index is 761. The highest BCUT2D eigenvalue weighted by Crippen LogP contribution is 2.41. The number of nitrogens with zero attached hydrogens (tertiary/aromatic N) is 3. The lowest BCUT2D eigenvalue weighted by Gasteiger charge is -2.39. The van der Waals surface area contributed by atoms with Crippen molar-refractivity contribution in [3.8, 4) is 0 Å². The van der Waals surface area contributed by atoms with Gasteiger partial charge in [0.25, 0.3) is 5.91 Å². The summed E-state index contributed by atoms with van der Waals surface area (Å²) in [6.07, 6.45) is 5.15. The normalized spacial score (nSPS) is 24.5. The molecule has 0 radical (unpaired) electrons. The number of piperidine rings is 1. The number of carbonyl (C=O) groups excluding carboxylic acids is 1. The second kappa shape index (κ2) is 6.88. The van der Waals surface area contributed by atoms with Crippen LogP contribution < -0.4 is 5.32 Å². The van der Waals surface area contributed by atoms with E-state index in [1.165, 1.54) is 12.0 Å². The van der Waals surface area contributed by atoms with E-state index in [0.717, 1.165) is 32.5 Å². The summed E-state index contributed by atoms with van der Waals surface area (Å²) < 4.78 is 1.68. The first-order chi connectivity index (χ1) is 12.5. The van der Waals surface area contributed by atoms with Crippen LogP contribution in [0.5, 0.6) is 0 Å². The van der Waals surface area contributed by atoms with Crippen LogP contribution in [0.15, 0.2) is 42.6 Å². The van der Waals surface area contributed by atoms with Crippen molar-refractivity contribution < 1.29 is 4.79 Å². The van der Waals surface area contributed by atoms with Crippen molar-refractivity contribution in [1.82, 2.24) is 20.0 Å². The Kier molecular flexibility index (Phi) is 4.57. The van der Waals surface area contributed by atoms with Crippen LogP contribution in [0.2, 0.25) is 0 Å². The molecule has 2 aromatic rings. The molecule has 2 heterocycles. The first kappa shape index (κ1) is 17.3. The average Bonchev–Trinajstić information content (AvgIpc) is 3.32. The van der Waals surface area contributed by atoms with E-state index in [1.807, 2.05) is 18.1 Å². The predicted molar refractivity (Wildman–Crippen MR) is 102 cm³/mol. The van der Waals surface area contributed by atoms with Gasteiger partial charge in [-0.15, -0.1) is 0 Å². The van der Waals surface area contributed by atoms with Gasteiger partial charge in [-0.25, -0.2) is 0 Å². The maximum Gasteiger partial charge on any atom is 0.274 e. The molecular formula is C21H28N4O. The van der Waals surface area contributed by atoms with E-state index in [0.29, 0.717) is 17.7 Å². The zero-order valence-corrected chi connectivity index (χ0v) is 15.7. The molecule has 4 rings (SSSR count). The van der Waals surface area contributed by atoms with Gasteiger partial charge in [0.15, 0.2) is 0 Å². The highest BCUT2D eigenvalue weighted by atomic mass is 16.2. The topological polar surface area (TPSA) is 50.2 Å². The van der Waals surface area contributed by atoms with E-state index in [4.69, 9.17) is 0 Å². The van der Waals surface area contributed by atoms with Crippen LogP contribution >= 0.6 is 0 Å². The van der Waals surface area contributed by atoms with Gasteiger partial charge >= 0.3 is 0 Å². The number of hydrogen-bond donors (Lipinski definition) is 1. The van der Waals surface area contributed by atoms with Gasteiger partial charge in [0.2, 0.25) is 0 Å². The zero-order chi connectivity index (χ0) is 18.1. The third-order valence-corrected chi connectivity index (χ3v) is 6.00. The summed E-state index contributed by atoms with van der Waals surface area (Å²) in [4.78, 5) is 14.5. The molecule has 0 spiro atoms. The molecule has 2 atom stereocenters. The molecule has 1 amide bonds. The summed E-state index contributed by atoms with van der Waals surface area (Å²) in [7, 11) is 1.84. The van der Waals surface area contributed by atoms with E-state index in [2.05, 4.69) is 47.7 Å². The largest absolute Gasteiger partial charge is 0.337 e. The number of hydrogen-bond acceptors (Lipinski definition) is 3. The van der Waals surface area contributed by atoms with Crippen molar-refractivity contribution in [2.45, 2.75) is 38.1 Å². The van der Waals surface area contributed by atoms with Crippen molar-refractivity contribution in [3.05, 3.63) is 53.9 Å². The first-order valence-electron chi connectivity index (χ1n) is 9.61. The minimum atomic E-state index is 0.0620. The SMILES string of the molecule is Cn1ccc(C(=O)N2CCC(C)(CNC3CC3c3ccccc3)CC2)n1. The fourth-order valence-electron chi connectivity index (χ4n) is 3.98. The lowest BCUT2D eigenvalue weighted by atomic mass is 9.80. The Balaban J connectivity index is 1.25. The van der Waals surface area contributed by atoms with Crippen LogP contribution in [0.1, 0.15) is 48.2 Å². The number of aromatic nitrogens is 2. The average molecular weight is 352 g/mol. The van der Waals surface area contributed by atoms with Crippen LogP contribution in [0.25, 0.3) is 0 Å². The predicted octanol–water partition coefficient (Wildman–Crippen LogP) is 2.81. The van der Waals surface area contributed by atoms with Gasteiger partial charge in [-0.1, -0.05) is 37.3 Å². The first-order valence-corrected chi connectivity index (χ1v) is 9.61.